The molecular formula is C24H21F3N8O. The summed E-state index contributed by atoms with van der Waals surface area (Å²) < 4.78 is 43.8. The lowest BCUT2D eigenvalue weighted by Crippen LogP contribution is -2.39. The van der Waals surface area contributed by atoms with Crippen LogP contribution < -0.4 is 10.6 Å². The standard InChI is InChI=1S/C24H21F3N8O/c25-24(26,27)21-20-19(7-9-29-21)34(12-30-20)17-6-8-28-18(11-17)23(36)32-15-3-1-2-14(10-15)22-33-31-13-35(22)16-4-5-16/h1-3,6,8,10-13,16,21,29H,4-5,7,9H2,(H,32,36). The number of carbonyl (C=O) groups excluding carboxylic acids is 1. The molecule has 1 aromatic carbocycles. The Balaban J connectivity index is 1.24. The lowest BCUT2D eigenvalue weighted by Gasteiger charge is -2.26. The lowest BCUT2D eigenvalue weighted by molar-refractivity contribution is -0.159. The van der Waals surface area contributed by atoms with Crippen molar-refractivity contribution < 1.29 is 18.0 Å². The highest BCUT2D eigenvalue weighted by Gasteiger charge is 2.45. The number of nitrogens with one attached hydrogen (secondary N) is 2. The first kappa shape index (κ1) is 22.4. The molecule has 4 heterocycles. The van der Waals surface area contributed by atoms with Crippen LogP contribution in [0.4, 0.5) is 18.9 Å². The second-order valence-corrected chi connectivity index (χ2v) is 8.85. The van der Waals surface area contributed by atoms with Crippen LogP contribution in [0.3, 0.4) is 0 Å². The van der Waals surface area contributed by atoms with Gasteiger partial charge in [0.1, 0.15) is 18.1 Å². The smallest absolute Gasteiger partial charge is 0.321 e. The zero-order valence-electron chi connectivity index (χ0n) is 18.9. The van der Waals surface area contributed by atoms with Gasteiger partial charge in [0, 0.05) is 42.1 Å². The van der Waals surface area contributed by atoms with Crippen LogP contribution in [0.15, 0.2) is 55.2 Å². The minimum Gasteiger partial charge on any atom is -0.321 e. The number of carbonyl (C=O) groups is 1. The Morgan fingerprint density at radius 2 is 1.97 bits per heavy atom. The zero-order chi connectivity index (χ0) is 24.9. The summed E-state index contributed by atoms with van der Waals surface area (Å²) in [6.45, 7) is 0.173. The quantitative estimate of drug-likeness (QED) is 0.437. The van der Waals surface area contributed by atoms with Crippen molar-refractivity contribution in [3.8, 4) is 17.1 Å². The molecule has 0 saturated heterocycles. The second-order valence-electron chi connectivity index (χ2n) is 8.85. The molecule has 9 nitrogen and oxygen atoms in total. The van der Waals surface area contributed by atoms with E-state index in [1.165, 1.54) is 18.6 Å². The van der Waals surface area contributed by atoms with Crippen LogP contribution in [0, 0.1) is 0 Å². The fourth-order valence-electron chi connectivity index (χ4n) is 4.50. The molecule has 1 fully saturated rings. The fraction of sp³-hybridized carbons (Fsp3) is 0.292. The lowest BCUT2D eigenvalue weighted by atomic mass is 10.0. The number of amides is 1. The first-order valence-electron chi connectivity index (χ1n) is 11.5. The van der Waals surface area contributed by atoms with E-state index in [1.807, 2.05) is 22.8 Å². The Morgan fingerprint density at radius 3 is 2.78 bits per heavy atom. The van der Waals surface area contributed by atoms with E-state index in [0.29, 0.717) is 29.5 Å². The summed E-state index contributed by atoms with van der Waals surface area (Å²) in [5.41, 5.74) is 2.44. The van der Waals surface area contributed by atoms with E-state index in [2.05, 4.69) is 30.8 Å². The highest BCUT2D eigenvalue weighted by Crippen LogP contribution is 2.38. The number of nitrogens with zero attached hydrogens (tertiary/aromatic N) is 6. The number of anilines is 1. The van der Waals surface area contributed by atoms with Gasteiger partial charge in [0.15, 0.2) is 5.82 Å². The van der Waals surface area contributed by atoms with Gasteiger partial charge in [-0.25, -0.2) is 4.98 Å². The number of benzene rings is 1. The van der Waals surface area contributed by atoms with Gasteiger partial charge in [0.05, 0.1) is 17.7 Å². The Labute approximate surface area is 203 Å². The molecular weight excluding hydrogens is 473 g/mol. The number of hydrogen-bond acceptors (Lipinski definition) is 6. The maximum atomic E-state index is 13.4. The molecule has 1 saturated carbocycles. The molecule has 4 aromatic rings. The van der Waals surface area contributed by atoms with Crippen LogP contribution in [-0.4, -0.2) is 47.9 Å². The van der Waals surface area contributed by atoms with Gasteiger partial charge in [-0.3, -0.25) is 9.78 Å². The Bertz CT molecular complexity index is 1440. The minimum atomic E-state index is -4.45. The predicted molar refractivity (Wildman–Crippen MR) is 124 cm³/mol. The average Bonchev–Trinajstić information content (AvgIpc) is 3.43. The molecule has 3 aromatic heterocycles. The molecule has 1 unspecified atom stereocenters. The van der Waals surface area contributed by atoms with Crippen molar-refractivity contribution in [3.05, 3.63) is 72.3 Å². The van der Waals surface area contributed by atoms with Crippen molar-refractivity contribution in [2.45, 2.75) is 37.5 Å². The number of halogens is 3. The van der Waals surface area contributed by atoms with Crippen LogP contribution >= 0.6 is 0 Å². The summed E-state index contributed by atoms with van der Waals surface area (Å²) in [4.78, 5) is 21.2. The SMILES string of the molecule is O=C(Nc1cccc(-c2nncn2C2CC2)c1)c1cc(-n2cnc3c2CCNC3C(F)(F)F)ccn1. The van der Waals surface area contributed by atoms with Crippen LogP contribution in [0.25, 0.3) is 17.1 Å². The van der Waals surface area contributed by atoms with E-state index in [4.69, 9.17) is 0 Å². The van der Waals surface area contributed by atoms with Gasteiger partial charge in [-0.15, -0.1) is 10.2 Å². The fourth-order valence-corrected chi connectivity index (χ4v) is 4.50. The molecule has 2 aliphatic rings. The molecule has 12 heteroatoms. The molecule has 0 radical (unpaired) electrons. The molecule has 1 amide bonds. The molecule has 1 aliphatic carbocycles. The largest absolute Gasteiger partial charge is 0.409 e. The third-order valence-corrected chi connectivity index (χ3v) is 6.36. The Hall–Kier alpha value is -4.06. The van der Waals surface area contributed by atoms with Crippen molar-refractivity contribution in [3.63, 3.8) is 0 Å². The van der Waals surface area contributed by atoms with Gasteiger partial charge in [0.2, 0.25) is 0 Å². The third kappa shape index (κ3) is 4.13. The normalized spacial score (nSPS) is 17.6. The Morgan fingerprint density at radius 1 is 1.11 bits per heavy atom. The number of fused-ring (bicyclic) bond motifs is 1. The molecule has 1 atom stereocenters. The number of rotatable bonds is 5. The highest BCUT2D eigenvalue weighted by atomic mass is 19.4. The van der Waals surface area contributed by atoms with Crippen molar-refractivity contribution in [2.75, 3.05) is 11.9 Å². The molecule has 2 N–H and O–H groups in total. The van der Waals surface area contributed by atoms with E-state index < -0.39 is 18.1 Å². The number of hydrogen-bond donors (Lipinski definition) is 2. The minimum absolute atomic E-state index is 0.0487. The highest BCUT2D eigenvalue weighted by molar-refractivity contribution is 6.03. The summed E-state index contributed by atoms with van der Waals surface area (Å²) in [6, 6.07) is 9.08. The van der Waals surface area contributed by atoms with Gasteiger partial charge in [0.25, 0.3) is 5.91 Å². The topological polar surface area (TPSA) is 103 Å². The van der Waals surface area contributed by atoms with Gasteiger partial charge in [-0.1, -0.05) is 12.1 Å². The summed E-state index contributed by atoms with van der Waals surface area (Å²) in [6.07, 6.45) is 2.64. The van der Waals surface area contributed by atoms with Crippen LogP contribution in [0.1, 0.15) is 46.8 Å². The van der Waals surface area contributed by atoms with Gasteiger partial charge < -0.3 is 19.8 Å². The molecule has 1 aliphatic heterocycles. The summed E-state index contributed by atoms with van der Waals surface area (Å²) in [7, 11) is 0. The van der Waals surface area contributed by atoms with E-state index in [-0.39, 0.29) is 17.9 Å². The number of imidazole rings is 1. The summed E-state index contributed by atoms with van der Waals surface area (Å²) >= 11 is 0. The van der Waals surface area contributed by atoms with E-state index in [9.17, 15) is 18.0 Å². The number of pyridine rings is 1. The van der Waals surface area contributed by atoms with E-state index in [0.717, 1.165) is 24.2 Å². The Kier molecular flexibility index (Phi) is 5.32. The van der Waals surface area contributed by atoms with Crippen LogP contribution in [0.2, 0.25) is 0 Å². The average molecular weight is 494 g/mol. The van der Waals surface area contributed by atoms with E-state index >= 15 is 0 Å². The second kappa shape index (κ2) is 8.55. The maximum absolute atomic E-state index is 13.4. The van der Waals surface area contributed by atoms with E-state index in [1.54, 1.807) is 23.0 Å². The number of alkyl halides is 3. The summed E-state index contributed by atoms with van der Waals surface area (Å²) in [5, 5.41) is 13.6. The predicted octanol–water partition coefficient (Wildman–Crippen LogP) is 3.86. The van der Waals surface area contributed by atoms with Crippen LogP contribution in [0.5, 0.6) is 0 Å². The molecule has 0 bridgehead atoms. The molecule has 6 rings (SSSR count). The molecule has 36 heavy (non-hydrogen) atoms. The van der Waals surface area contributed by atoms with Gasteiger partial charge in [-0.05, 0) is 37.1 Å². The number of aromatic nitrogens is 6. The molecule has 0 spiro atoms. The monoisotopic (exact) mass is 494 g/mol. The zero-order valence-corrected chi connectivity index (χ0v) is 18.9. The van der Waals surface area contributed by atoms with Crippen LogP contribution in [-0.2, 0) is 6.42 Å². The summed E-state index contributed by atoms with van der Waals surface area (Å²) in [5.74, 6) is 0.298. The first-order valence-corrected chi connectivity index (χ1v) is 11.5. The van der Waals surface area contributed by atoms with Crippen molar-refractivity contribution >= 4 is 11.6 Å². The van der Waals surface area contributed by atoms with Crippen molar-refractivity contribution in [2.24, 2.45) is 0 Å². The van der Waals surface area contributed by atoms with Crippen molar-refractivity contribution in [1.29, 1.82) is 0 Å². The van der Waals surface area contributed by atoms with Gasteiger partial charge >= 0.3 is 6.18 Å². The first-order chi connectivity index (χ1) is 17.4. The maximum Gasteiger partial charge on any atom is 0.409 e. The van der Waals surface area contributed by atoms with Crippen molar-refractivity contribution in [1.82, 2.24) is 34.6 Å². The third-order valence-electron chi connectivity index (χ3n) is 6.36. The van der Waals surface area contributed by atoms with Gasteiger partial charge in [-0.2, -0.15) is 13.2 Å². The molecule has 184 valence electrons.